The number of nitrogens with zero attached hydrogens (tertiary/aromatic N) is 3. The number of carbonyl (C=O) groups excluding carboxylic acids is 2. The summed E-state index contributed by atoms with van der Waals surface area (Å²) in [4.78, 5) is 41.1. The molecule has 0 bridgehead atoms. The zero-order valence-corrected chi connectivity index (χ0v) is 25.2. The topological polar surface area (TPSA) is 114 Å². The zero-order valence-electron chi connectivity index (χ0n) is 31.2. The Morgan fingerprint density at radius 2 is 1.29 bits per heavy atom. The number of hydrogen-bond donors (Lipinski definition) is 1. The van der Waals surface area contributed by atoms with Gasteiger partial charge >= 0.3 is 11.9 Å². The van der Waals surface area contributed by atoms with Crippen LogP contribution < -0.4 is 5.32 Å². The first-order valence-electron chi connectivity index (χ1n) is 17.4. The third-order valence-electron chi connectivity index (χ3n) is 7.24. The molecule has 10 nitrogen and oxygen atoms in total. The van der Waals surface area contributed by atoms with Gasteiger partial charge in [-0.1, -0.05) is 72.8 Å². The maximum absolute atomic E-state index is 13.8. The number of allylic oxidation sites excluding steroid dienone is 2. The van der Waals surface area contributed by atoms with E-state index in [-0.39, 0.29) is 61.8 Å². The smallest absolute Gasteiger partial charge is 0.336 e. The Morgan fingerprint density at radius 3 is 1.73 bits per heavy atom. The van der Waals surface area contributed by atoms with E-state index < -0.39 is 36.7 Å². The van der Waals surface area contributed by atoms with Crippen LogP contribution in [0.4, 0.5) is 5.69 Å². The first-order chi connectivity index (χ1) is 24.1. The number of ether oxygens (including phenoxy) is 2. The van der Waals surface area contributed by atoms with Crippen LogP contribution in [-0.2, 0) is 32.2 Å². The molecular formula is C35H40N4O6. The van der Waals surface area contributed by atoms with E-state index in [0.717, 1.165) is 11.1 Å². The third-order valence-corrected chi connectivity index (χ3v) is 7.24. The van der Waals surface area contributed by atoms with Crippen molar-refractivity contribution in [1.82, 2.24) is 15.1 Å². The molecule has 3 aromatic carbocycles. The first-order valence-corrected chi connectivity index (χ1v) is 14.4. The van der Waals surface area contributed by atoms with Crippen molar-refractivity contribution < 1.29 is 32.2 Å². The van der Waals surface area contributed by atoms with Gasteiger partial charge in [-0.05, 0) is 44.5 Å². The van der Waals surface area contributed by atoms with Gasteiger partial charge in [-0.15, -0.1) is 0 Å². The summed E-state index contributed by atoms with van der Waals surface area (Å²) in [6.45, 7) is -2.51. The minimum Gasteiger partial charge on any atom is -0.461 e. The second-order valence-electron chi connectivity index (χ2n) is 10.6. The van der Waals surface area contributed by atoms with E-state index in [1.165, 1.54) is 34.1 Å². The Kier molecular flexibility index (Phi) is 8.95. The van der Waals surface area contributed by atoms with Crippen molar-refractivity contribution >= 4 is 17.6 Å². The molecule has 1 aliphatic rings. The SMILES string of the molecule is [2H]C([2H])([2H])N(CCOC(=O)C1=C(C)NC(C)=C(C(=O)OCCN(Cc2ccccc2)C([2H])([2H])[2H])C1c1cccc([N+](=O)[O-])c1)Cc1ccccc1. The van der Waals surface area contributed by atoms with Crippen molar-refractivity contribution in [3.05, 3.63) is 134 Å². The average Bonchev–Trinajstić information content (AvgIpc) is 3.07. The van der Waals surface area contributed by atoms with Crippen LogP contribution in [0.2, 0.25) is 0 Å². The lowest BCUT2D eigenvalue weighted by atomic mass is 9.80. The number of nitro groups is 1. The number of nitro benzene ring substituents is 1. The lowest BCUT2D eigenvalue weighted by Gasteiger charge is -2.30. The molecule has 236 valence electrons. The van der Waals surface area contributed by atoms with Gasteiger partial charge in [0.2, 0.25) is 0 Å². The lowest BCUT2D eigenvalue weighted by molar-refractivity contribution is -0.384. The summed E-state index contributed by atoms with van der Waals surface area (Å²) >= 11 is 0. The summed E-state index contributed by atoms with van der Waals surface area (Å²) in [6, 6.07) is 23.4. The monoisotopic (exact) mass is 618 g/mol. The average molecular weight is 619 g/mol. The van der Waals surface area contributed by atoms with Crippen LogP contribution in [0.5, 0.6) is 0 Å². The summed E-state index contributed by atoms with van der Waals surface area (Å²) in [5, 5.41) is 14.7. The minimum absolute atomic E-state index is 0.0234. The van der Waals surface area contributed by atoms with E-state index in [1.54, 1.807) is 62.4 Å². The molecule has 0 aliphatic carbocycles. The molecule has 1 N–H and O–H groups in total. The predicted molar refractivity (Wildman–Crippen MR) is 172 cm³/mol. The molecule has 4 rings (SSSR count). The molecule has 1 aliphatic heterocycles. The second-order valence-corrected chi connectivity index (χ2v) is 10.6. The molecular weight excluding hydrogens is 572 g/mol. The number of non-ortho nitro benzene ring substituents is 1. The fourth-order valence-corrected chi connectivity index (χ4v) is 5.10. The fraction of sp³-hybridized carbons (Fsp3) is 0.314. The highest BCUT2D eigenvalue weighted by Crippen LogP contribution is 2.40. The summed E-state index contributed by atoms with van der Waals surface area (Å²) in [5.74, 6) is -2.90. The lowest BCUT2D eigenvalue weighted by Crippen LogP contribution is -2.34. The fourth-order valence-electron chi connectivity index (χ4n) is 5.10. The number of nitrogens with one attached hydrogen (secondary N) is 1. The quantitative estimate of drug-likeness (QED) is 0.148. The van der Waals surface area contributed by atoms with Gasteiger partial charge in [0.15, 0.2) is 0 Å². The minimum atomic E-state index is -2.48. The van der Waals surface area contributed by atoms with E-state index in [2.05, 4.69) is 5.32 Å². The maximum atomic E-state index is 13.8. The Hall–Kier alpha value is -4.80. The normalized spacial score (nSPS) is 16.2. The van der Waals surface area contributed by atoms with Gasteiger partial charge in [0.25, 0.3) is 5.69 Å². The second kappa shape index (κ2) is 15.8. The van der Waals surface area contributed by atoms with E-state index >= 15 is 0 Å². The Balaban J connectivity index is 1.57. The van der Waals surface area contributed by atoms with E-state index in [9.17, 15) is 19.7 Å². The predicted octanol–water partition coefficient (Wildman–Crippen LogP) is 5.18. The number of dihydropyridines is 1. The van der Waals surface area contributed by atoms with Crippen molar-refractivity contribution in [1.29, 1.82) is 0 Å². The summed E-state index contributed by atoms with van der Waals surface area (Å²) in [6.07, 6.45) is 0. The highest BCUT2D eigenvalue weighted by Gasteiger charge is 2.38. The van der Waals surface area contributed by atoms with Gasteiger partial charge in [-0.3, -0.25) is 19.9 Å². The largest absolute Gasteiger partial charge is 0.461 e. The Bertz CT molecular complexity index is 1660. The van der Waals surface area contributed by atoms with Gasteiger partial charge in [-0.2, -0.15) is 0 Å². The van der Waals surface area contributed by atoms with Crippen LogP contribution >= 0.6 is 0 Å². The van der Waals surface area contributed by atoms with Crippen LogP contribution in [0.3, 0.4) is 0 Å². The molecule has 0 fully saturated rings. The van der Waals surface area contributed by atoms with Gasteiger partial charge in [-0.25, -0.2) is 9.59 Å². The molecule has 1 heterocycles. The Labute approximate surface area is 272 Å². The van der Waals surface area contributed by atoms with Crippen molar-refractivity contribution in [2.75, 3.05) is 40.3 Å². The third kappa shape index (κ3) is 9.10. The van der Waals surface area contributed by atoms with Crippen molar-refractivity contribution in [3.8, 4) is 0 Å². The van der Waals surface area contributed by atoms with Gasteiger partial charge in [0, 0.05) is 57.9 Å². The van der Waals surface area contributed by atoms with Crippen LogP contribution in [0.1, 0.15) is 44.7 Å². The zero-order chi connectivity index (χ0) is 37.3. The molecule has 0 amide bonds. The molecule has 0 atom stereocenters. The van der Waals surface area contributed by atoms with Crippen LogP contribution in [-0.4, -0.2) is 66.9 Å². The molecule has 0 aromatic heterocycles. The van der Waals surface area contributed by atoms with Gasteiger partial charge in [0.05, 0.1) is 22.0 Å². The molecule has 0 spiro atoms. The van der Waals surface area contributed by atoms with E-state index in [4.69, 9.17) is 17.7 Å². The summed E-state index contributed by atoms with van der Waals surface area (Å²) in [7, 11) is 0. The highest BCUT2D eigenvalue weighted by molar-refractivity contribution is 6.00. The summed E-state index contributed by atoms with van der Waals surface area (Å²) < 4.78 is 59.0. The number of carbonyl (C=O) groups is 2. The molecule has 45 heavy (non-hydrogen) atoms. The Morgan fingerprint density at radius 1 is 0.800 bits per heavy atom. The van der Waals surface area contributed by atoms with Crippen LogP contribution in [0.15, 0.2) is 107 Å². The number of rotatable bonds is 14. The molecule has 0 saturated heterocycles. The molecule has 0 saturated carbocycles. The molecule has 0 radical (unpaired) electrons. The molecule has 0 unspecified atom stereocenters. The molecule has 3 aromatic rings. The summed E-state index contributed by atoms with van der Waals surface area (Å²) in [5.41, 5.74) is 2.07. The number of likely N-dealkylation sites (N-methyl/N-ethyl adjacent to an activating group) is 2. The highest BCUT2D eigenvalue weighted by atomic mass is 16.6. The standard InChI is InChI=1S/C35H40N4O6/c1-25-31(34(40)44-20-18-37(3)23-27-12-7-5-8-13-27)33(29-16-11-17-30(22-29)39(42)43)32(26(2)36-25)35(41)45-21-19-38(4)24-28-14-9-6-10-15-28/h5-17,22,33,36H,18-21,23-24H2,1-4H3/i3D3,4D3. The molecule has 10 heteroatoms. The first kappa shape index (κ1) is 25.5. The van der Waals surface area contributed by atoms with Gasteiger partial charge in [0.1, 0.15) is 13.2 Å². The van der Waals surface area contributed by atoms with Gasteiger partial charge < -0.3 is 14.8 Å². The van der Waals surface area contributed by atoms with Crippen molar-refractivity contribution in [3.63, 3.8) is 0 Å². The maximum Gasteiger partial charge on any atom is 0.336 e. The number of benzene rings is 3. The number of esters is 2. The van der Waals surface area contributed by atoms with Crippen LogP contribution in [0.25, 0.3) is 0 Å². The number of hydrogen-bond acceptors (Lipinski definition) is 9. The van der Waals surface area contributed by atoms with Crippen LogP contribution in [0, 0.1) is 10.1 Å². The van der Waals surface area contributed by atoms with Crippen molar-refractivity contribution in [2.45, 2.75) is 32.9 Å². The van der Waals surface area contributed by atoms with E-state index in [0.29, 0.717) is 11.4 Å². The van der Waals surface area contributed by atoms with Crippen molar-refractivity contribution in [2.24, 2.45) is 0 Å². The van der Waals surface area contributed by atoms with E-state index in [1.807, 2.05) is 12.1 Å².